The van der Waals surface area contributed by atoms with Gasteiger partial charge >= 0.3 is 6.18 Å². The van der Waals surface area contributed by atoms with Crippen molar-refractivity contribution in [2.75, 3.05) is 13.1 Å². The molecule has 0 spiro atoms. The number of nitrogens with one attached hydrogen (secondary N) is 2. The van der Waals surface area contributed by atoms with Gasteiger partial charge in [-0.05, 0) is 53.9 Å². The van der Waals surface area contributed by atoms with Gasteiger partial charge in [-0.3, -0.25) is 4.79 Å². The lowest BCUT2D eigenvalue weighted by atomic mass is 10.1. The lowest BCUT2D eigenvalue weighted by molar-refractivity contribution is -0.138. The zero-order valence-corrected chi connectivity index (χ0v) is 24.2. The number of amides is 1. The van der Waals surface area contributed by atoms with Crippen LogP contribution in [0.3, 0.4) is 0 Å². The summed E-state index contributed by atoms with van der Waals surface area (Å²) in [6.07, 6.45) is -0.569. The fourth-order valence-corrected chi connectivity index (χ4v) is 4.49. The van der Waals surface area contributed by atoms with E-state index < -0.39 is 11.7 Å². The van der Waals surface area contributed by atoms with E-state index in [1.165, 1.54) is 12.1 Å². The van der Waals surface area contributed by atoms with Crippen molar-refractivity contribution in [2.24, 2.45) is 5.92 Å². The van der Waals surface area contributed by atoms with Crippen LogP contribution < -0.4 is 10.6 Å². The standard InChI is InChI=1S/C30H35F3N6OS/c1-4-25(37-28(40)13-26-16-35-20-39(26)17-23-11-9-22(14-34)10-12-23)19-38(29(41)36-15-21(2)3)18-24-7-5-6-8-27(24)30(31,32)33/h5-12,16,20-21,25H,4,13,15,17-19H2,1-3H3,(H,36,41)(H,37,40)/t25-/m0/s1. The van der Waals surface area contributed by atoms with Crippen LogP contribution in [-0.4, -0.2) is 44.6 Å². The van der Waals surface area contributed by atoms with Gasteiger partial charge in [0.25, 0.3) is 0 Å². The van der Waals surface area contributed by atoms with E-state index in [2.05, 4.69) is 21.7 Å². The molecule has 3 aromatic rings. The number of imidazole rings is 1. The highest BCUT2D eigenvalue weighted by molar-refractivity contribution is 7.80. The van der Waals surface area contributed by atoms with E-state index in [1.807, 2.05) is 37.5 Å². The number of hydrogen-bond acceptors (Lipinski definition) is 4. The van der Waals surface area contributed by atoms with Crippen LogP contribution in [0.2, 0.25) is 0 Å². The molecule has 7 nitrogen and oxygen atoms in total. The van der Waals surface area contributed by atoms with E-state index in [9.17, 15) is 18.0 Å². The molecular weight excluding hydrogens is 549 g/mol. The van der Waals surface area contributed by atoms with Crippen LogP contribution in [0, 0.1) is 17.2 Å². The van der Waals surface area contributed by atoms with Gasteiger partial charge in [0.2, 0.25) is 5.91 Å². The SMILES string of the molecule is CC[C@@H](CN(Cc1ccccc1C(F)(F)F)C(=S)NCC(C)C)NC(=O)Cc1cncn1Cc1ccc(C#N)cc1. The molecule has 0 aliphatic carbocycles. The first-order chi connectivity index (χ1) is 19.5. The number of rotatable bonds is 12. The normalized spacial score (nSPS) is 12.0. The van der Waals surface area contributed by atoms with E-state index in [-0.39, 0.29) is 42.9 Å². The van der Waals surface area contributed by atoms with Gasteiger partial charge < -0.3 is 20.1 Å². The van der Waals surface area contributed by atoms with E-state index in [0.29, 0.717) is 35.9 Å². The van der Waals surface area contributed by atoms with Gasteiger partial charge in [0, 0.05) is 44.1 Å². The summed E-state index contributed by atoms with van der Waals surface area (Å²) in [4.78, 5) is 19.0. The Balaban J connectivity index is 1.71. The Morgan fingerprint density at radius 3 is 2.51 bits per heavy atom. The summed E-state index contributed by atoms with van der Waals surface area (Å²) in [5, 5.41) is 15.5. The van der Waals surface area contributed by atoms with Crippen LogP contribution in [0.5, 0.6) is 0 Å². The van der Waals surface area contributed by atoms with Crippen LogP contribution in [0.15, 0.2) is 61.1 Å². The molecule has 2 aromatic carbocycles. The van der Waals surface area contributed by atoms with Gasteiger partial charge in [-0.2, -0.15) is 18.4 Å². The highest BCUT2D eigenvalue weighted by Crippen LogP contribution is 2.32. The molecule has 1 atom stereocenters. The third kappa shape index (κ3) is 9.60. The first kappa shape index (κ1) is 31.6. The number of benzene rings is 2. The largest absolute Gasteiger partial charge is 0.416 e. The Morgan fingerprint density at radius 1 is 1.17 bits per heavy atom. The number of alkyl halides is 3. The van der Waals surface area contributed by atoms with Crippen LogP contribution in [0.1, 0.15) is 55.1 Å². The van der Waals surface area contributed by atoms with Crippen LogP contribution >= 0.6 is 12.2 Å². The van der Waals surface area contributed by atoms with Gasteiger partial charge in [0.1, 0.15) is 0 Å². The Labute approximate surface area is 244 Å². The molecule has 0 saturated carbocycles. The van der Waals surface area contributed by atoms with Crippen molar-refractivity contribution in [1.82, 2.24) is 25.1 Å². The summed E-state index contributed by atoms with van der Waals surface area (Å²) in [6, 6.07) is 14.4. The number of aromatic nitrogens is 2. The molecule has 2 N–H and O–H groups in total. The second-order valence-corrected chi connectivity index (χ2v) is 10.7. The Kier molecular flexibility index (Phi) is 11.3. The number of hydrogen-bond donors (Lipinski definition) is 2. The molecule has 11 heteroatoms. The monoisotopic (exact) mass is 584 g/mol. The van der Waals surface area contributed by atoms with Crippen molar-refractivity contribution in [3.63, 3.8) is 0 Å². The van der Waals surface area contributed by atoms with Crippen molar-refractivity contribution in [1.29, 1.82) is 5.26 Å². The molecule has 0 saturated heterocycles. The number of nitrogens with zero attached hydrogens (tertiary/aromatic N) is 4. The molecule has 0 radical (unpaired) electrons. The fraction of sp³-hybridized carbons (Fsp3) is 0.400. The number of nitriles is 1. The number of carbonyl (C=O) groups excluding carboxylic acids is 1. The molecule has 0 bridgehead atoms. The van der Waals surface area contributed by atoms with E-state index in [1.54, 1.807) is 35.6 Å². The molecule has 218 valence electrons. The number of thiocarbonyl (C=S) groups is 1. The molecule has 3 rings (SSSR count). The summed E-state index contributed by atoms with van der Waals surface area (Å²) in [5.74, 6) is 0.0585. The predicted octanol–water partition coefficient (Wildman–Crippen LogP) is 5.29. The minimum Gasteiger partial charge on any atom is -0.362 e. The summed E-state index contributed by atoms with van der Waals surface area (Å²) in [6.45, 7) is 7.19. The summed E-state index contributed by atoms with van der Waals surface area (Å²) in [5.41, 5.74) is 1.66. The maximum Gasteiger partial charge on any atom is 0.416 e. The topological polar surface area (TPSA) is 86.0 Å². The van der Waals surface area contributed by atoms with E-state index in [4.69, 9.17) is 17.5 Å². The summed E-state index contributed by atoms with van der Waals surface area (Å²) < 4.78 is 43.0. The molecule has 1 amide bonds. The molecular formula is C30H35F3N6OS. The van der Waals surface area contributed by atoms with E-state index in [0.717, 1.165) is 11.6 Å². The molecule has 1 heterocycles. The van der Waals surface area contributed by atoms with Crippen LogP contribution in [-0.2, 0) is 30.5 Å². The molecule has 0 aliphatic rings. The first-order valence-corrected chi connectivity index (χ1v) is 13.9. The molecule has 0 unspecified atom stereocenters. The molecule has 0 fully saturated rings. The van der Waals surface area contributed by atoms with Gasteiger partial charge in [-0.15, -0.1) is 0 Å². The minimum absolute atomic E-state index is 0.0522. The average Bonchev–Trinajstić information content (AvgIpc) is 3.36. The quantitative estimate of drug-likeness (QED) is 0.282. The second-order valence-electron chi connectivity index (χ2n) is 10.3. The number of carbonyl (C=O) groups is 1. The Hall–Kier alpha value is -3.91. The zero-order chi connectivity index (χ0) is 30.0. The van der Waals surface area contributed by atoms with E-state index >= 15 is 0 Å². The second kappa shape index (κ2) is 14.6. The van der Waals surface area contributed by atoms with Crippen molar-refractivity contribution in [3.8, 4) is 6.07 Å². The maximum absolute atomic E-state index is 13.7. The van der Waals surface area contributed by atoms with Crippen molar-refractivity contribution >= 4 is 23.2 Å². The molecule has 41 heavy (non-hydrogen) atoms. The van der Waals surface area contributed by atoms with Gasteiger partial charge in [0.05, 0.1) is 29.9 Å². The van der Waals surface area contributed by atoms with Crippen LogP contribution in [0.4, 0.5) is 13.2 Å². The Bertz CT molecular complexity index is 1350. The smallest absolute Gasteiger partial charge is 0.362 e. The Morgan fingerprint density at radius 2 is 1.88 bits per heavy atom. The zero-order valence-electron chi connectivity index (χ0n) is 23.4. The van der Waals surface area contributed by atoms with Crippen LogP contribution in [0.25, 0.3) is 0 Å². The first-order valence-electron chi connectivity index (χ1n) is 13.4. The minimum atomic E-state index is -4.49. The molecule has 1 aromatic heterocycles. The van der Waals surface area contributed by atoms with Crippen molar-refractivity contribution < 1.29 is 18.0 Å². The number of halogens is 3. The lowest BCUT2D eigenvalue weighted by Crippen LogP contribution is -2.49. The van der Waals surface area contributed by atoms with Gasteiger partial charge in [-0.25, -0.2) is 4.98 Å². The van der Waals surface area contributed by atoms with Crippen molar-refractivity contribution in [3.05, 3.63) is 89.0 Å². The third-order valence-electron chi connectivity index (χ3n) is 6.51. The third-order valence-corrected chi connectivity index (χ3v) is 6.91. The maximum atomic E-state index is 13.7. The lowest BCUT2D eigenvalue weighted by Gasteiger charge is -2.31. The fourth-order valence-electron chi connectivity index (χ4n) is 4.27. The summed E-state index contributed by atoms with van der Waals surface area (Å²) in [7, 11) is 0. The predicted molar refractivity (Wildman–Crippen MR) is 156 cm³/mol. The summed E-state index contributed by atoms with van der Waals surface area (Å²) >= 11 is 5.59. The average molecular weight is 585 g/mol. The molecule has 0 aliphatic heterocycles. The van der Waals surface area contributed by atoms with Gasteiger partial charge in [-0.1, -0.05) is 51.1 Å². The highest BCUT2D eigenvalue weighted by Gasteiger charge is 2.33. The van der Waals surface area contributed by atoms with Crippen molar-refractivity contribution in [2.45, 2.75) is 58.9 Å². The van der Waals surface area contributed by atoms with Gasteiger partial charge in [0.15, 0.2) is 5.11 Å². The highest BCUT2D eigenvalue weighted by atomic mass is 32.1.